The van der Waals surface area contributed by atoms with Crippen LogP contribution in [0.5, 0.6) is 5.75 Å². The van der Waals surface area contributed by atoms with Crippen molar-refractivity contribution < 1.29 is 160 Å². The first kappa shape index (κ1) is 66.9. The van der Waals surface area contributed by atoms with Crippen LogP contribution in [0.3, 0.4) is 0 Å². The number of halogens is 31. The lowest BCUT2D eigenvalue weighted by atomic mass is 9.87. The molecule has 0 fully saturated rings. The number of nitrogens with zero attached hydrogens (tertiary/aromatic N) is 2. The average Bonchev–Trinajstić information content (AvgIpc) is 3.25. The van der Waals surface area contributed by atoms with Gasteiger partial charge >= 0.3 is 89.8 Å². The third-order valence-corrected chi connectivity index (χ3v) is 9.87. The van der Waals surface area contributed by atoms with Crippen molar-refractivity contribution in [1.29, 1.82) is 0 Å². The molecule has 0 saturated heterocycles. The molecule has 1 aromatic carbocycles. The Balaban J connectivity index is 2.36. The number of hydrogen-bond acceptors (Lipinski definition) is 7. The lowest BCUT2D eigenvalue weighted by Gasteiger charge is -2.44. The van der Waals surface area contributed by atoms with Crippen LogP contribution in [-0.4, -0.2) is 131 Å². The predicted octanol–water partition coefficient (Wildman–Crippen LogP) is 14.1. The van der Waals surface area contributed by atoms with Crippen LogP contribution < -0.4 is 4.74 Å². The summed E-state index contributed by atoms with van der Waals surface area (Å²) in [6.45, 7) is -4.49. The molecule has 1 N–H and O–H groups in total. The maximum atomic E-state index is 14.4. The number of rotatable bonds is 30. The number of hydrogen-bond donors (Lipinski definition) is 1. The van der Waals surface area contributed by atoms with Crippen LogP contribution in [0, 0.1) is 0 Å². The minimum Gasteiger partial charge on any atom is -0.491 e. The van der Waals surface area contributed by atoms with Gasteiger partial charge in [-0.25, -0.2) is 19.4 Å². The number of aryl methyl sites for hydroxylation is 1. The summed E-state index contributed by atoms with van der Waals surface area (Å²) in [5.41, 5.74) is 0.758. The van der Waals surface area contributed by atoms with E-state index in [0.29, 0.717) is 24.0 Å². The van der Waals surface area contributed by atoms with E-state index in [1.165, 1.54) is 36.7 Å². The fourth-order valence-electron chi connectivity index (χ4n) is 5.57. The molecule has 1 unspecified atom stereocenters. The van der Waals surface area contributed by atoms with E-state index in [0.717, 1.165) is 35.2 Å². The van der Waals surface area contributed by atoms with Crippen LogP contribution in [0.15, 0.2) is 36.7 Å². The molecule has 0 aliphatic rings. The van der Waals surface area contributed by atoms with Crippen molar-refractivity contribution in [3.63, 3.8) is 0 Å². The molecule has 75 heavy (non-hydrogen) atoms. The third-order valence-electron chi connectivity index (χ3n) is 9.87. The highest BCUT2D eigenvalue weighted by atomic mass is 19.4. The van der Waals surface area contributed by atoms with E-state index in [-0.39, 0.29) is 18.0 Å². The van der Waals surface area contributed by atoms with Gasteiger partial charge in [0.25, 0.3) is 0 Å². The van der Waals surface area contributed by atoms with Gasteiger partial charge in [-0.15, -0.1) is 0 Å². The second-order valence-electron chi connectivity index (χ2n) is 15.5. The molecule has 0 amide bonds. The van der Waals surface area contributed by atoms with Crippen LogP contribution in [0.25, 0.3) is 11.4 Å². The first-order valence-electron chi connectivity index (χ1n) is 19.9. The standard InChI is InChI=1S/C37H31F31N2O5/c1-2-3-4-5-6-7-9-18-14-19(22-69-12-8-13-70-22)10-11-21(18)73-16-20(71)15-72-17-23(38,39)24(40,41)25(42,43)26(44,45)27(46,47)28(48,49)29(50,51)31(54,55)34(61,62)74-36(65,66)37(67,68)75-35(63,64)32(56,57)30(52,53)33(58,59)60/h8,10-14,20,71H,2-7,9,15-17H2,1H3. The molecule has 436 valence electrons. The highest BCUT2D eigenvalue weighted by Gasteiger charge is 2.97. The molecular weight excluding hydrogens is 1140 g/mol. The topological polar surface area (TPSA) is 82.9 Å². The number of aliphatic hydroxyl groups excluding tert-OH is 1. The summed E-state index contributed by atoms with van der Waals surface area (Å²) in [5, 5.41) is 10.1. The Bertz CT molecular complexity index is 2170. The summed E-state index contributed by atoms with van der Waals surface area (Å²) in [5.74, 6) is -89.8. The molecule has 1 aromatic heterocycles. The predicted molar refractivity (Wildman–Crippen MR) is 184 cm³/mol. The molecule has 0 bridgehead atoms. The van der Waals surface area contributed by atoms with Crippen molar-refractivity contribution in [2.75, 3.05) is 19.8 Å². The number of benzene rings is 1. The normalized spacial score (nSPS) is 15.6. The van der Waals surface area contributed by atoms with Gasteiger partial charge in [0.2, 0.25) is 0 Å². The summed E-state index contributed by atoms with van der Waals surface area (Å²) in [4.78, 5) is 8.06. The van der Waals surface area contributed by atoms with Gasteiger partial charge in [0.15, 0.2) is 5.82 Å². The van der Waals surface area contributed by atoms with Crippen LogP contribution in [0.1, 0.15) is 51.0 Å². The van der Waals surface area contributed by atoms with E-state index in [9.17, 15) is 141 Å². The molecule has 0 aliphatic carbocycles. The smallest absolute Gasteiger partial charge is 0.460 e. The van der Waals surface area contributed by atoms with E-state index in [4.69, 9.17) is 4.74 Å². The summed E-state index contributed by atoms with van der Waals surface area (Å²) < 4.78 is 438. The fourth-order valence-corrected chi connectivity index (χ4v) is 5.57. The zero-order chi connectivity index (χ0) is 58.9. The molecule has 2 rings (SSSR count). The van der Waals surface area contributed by atoms with Crippen LogP contribution in [0.4, 0.5) is 136 Å². The number of aliphatic hydroxyl groups is 1. The summed E-state index contributed by atoms with van der Waals surface area (Å²) in [6.07, 6.45) is -37.9. The maximum absolute atomic E-state index is 14.4. The first-order chi connectivity index (χ1) is 33.3. The van der Waals surface area contributed by atoms with Crippen molar-refractivity contribution in [1.82, 2.24) is 9.97 Å². The van der Waals surface area contributed by atoms with Gasteiger partial charge in [0, 0.05) is 18.0 Å². The Morgan fingerprint density at radius 2 is 0.867 bits per heavy atom. The monoisotopic (exact) mass is 1170 g/mol. The fraction of sp³-hybridized carbons (Fsp3) is 0.730. The van der Waals surface area contributed by atoms with Crippen molar-refractivity contribution in [3.8, 4) is 17.1 Å². The zero-order valence-electron chi connectivity index (χ0n) is 36.3. The molecule has 0 aliphatic heterocycles. The minimum atomic E-state index is -9.76. The van der Waals surface area contributed by atoms with Gasteiger partial charge in [-0.3, -0.25) is 0 Å². The zero-order valence-corrected chi connectivity index (χ0v) is 36.3. The molecular formula is C37H31F31N2O5. The highest BCUT2D eigenvalue weighted by molar-refractivity contribution is 5.58. The minimum absolute atomic E-state index is 0.0809. The lowest BCUT2D eigenvalue weighted by molar-refractivity contribution is -0.560. The van der Waals surface area contributed by atoms with Gasteiger partial charge in [0.1, 0.15) is 25.1 Å². The highest BCUT2D eigenvalue weighted by Crippen LogP contribution is 2.66. The third kappa shape index (κ3) is 12.4. The number of aromatic nitrogens is 2. The Morgan fingerprint density at radius 3 is 1.31 bits per heavy atom. The van der Waals surface area contributed by atoms with E-state index in [1.807, 2.05) is 6.92 Å². The van der Waals surface area contributed by atoms with Crippen LogP contribution in [-0.2, 0) is 20.6 Å². The van der Waals surface area contributed by atoms with Crippen molar-refractivity contribution in [3.05, 3.63) is 42.2 Å². The molecule has 0 radical (unpaired) electrons. The lowest BCUT2D eigenvalue weighted by Crippen LogP contribution is -2.76. The van der Waals surface area contributed by atoms with E-state index >= 15 is 0 Å². The van der Waals surface area contributed by atoms with E-state index < -0.39 is 116 Å². The Hall–Kier alpha value is -4.23. The second kappa shape index (κ2) is 21.9. The number of unbranched alkanes of at least 4 members (excludes halogenated alkanes) is 5. The van der Waals surface area contributed by atoms with Crippen LogP contribution in [0.2, 0.25) is 0 Å². The maximum Gasteiger partial charge on any atom is 0.460 e. The molecule has 2 aromatic rings. The van der Waals surface area contributed by atoms with Gasteiger partial charge in [-0.05, 0) is 42.7 Å². The Labute approximate surface area is 397 Å². The van der Waals surface area contributed by atoms with Crippen LogP contribution >= 0.6 is 0 Å². The Morgan fingerprint density at radius 1 is 0.467 bits per heavy atom. The SMILES string of the molecule is CCCCCCCCc1cc(-c2ncccn2)ccc1OCC(O)COCC(F)(F)C(F)(F)C(F)(F)C(F)(F)C(F)(F)C(F)(F)C(F)(F)C(F)(F)C(F)(F)OC(F)(F)C(F)(F)OC(F)(F)C(F)(F)C(F)(F)C(F)(F)F. The largest absolute Gasteiger partial charge is 0.491 e. The average molecular weight is 1170 g/mol. The van der Waals surface area contributed by atoms with Gasteiger partial charge in [0.05, 0.1) is 6.61 Å². The molecule has 7 nitrogen and oxygen atoms in total. The molecule has 0 saturated carbocycles. The molecule has 38 heteroatoms. The van der Waals surface area contributed by atoms with Gasteiger partial charge < -0.3 is 14.6 Å². The number of alkyl halides is 31. The second-order valence-corrected chi connectivity index (χ2v) is 15.5. The van der Waals surface area contributed by atoms with E-state index in [1.54, 1.807) is 0 Å². The number of ether oxygens (including phenoxy) is 4. The summed E-state index contributed by atoms with van der Waals surface area (Å²) in [7, 11) is 0. The van der Waals surface area contributed by atoms with Crippen molar-refractivity contribution in [2.24, 2.45) is 0 Å². The molecule has 0 spiro atoms. The quantitative estimate of drug-likeness (QED) is 0.0616. The summed E-state index contributed by atoms with van der Waals surface area (Å²) >= 11 is 0. The van der Waals surface area contributed by atoms with E-state index in [2.05, 4.69) is 14.7 Å². The Kier molecular flexibility index (Phi) is 19.5. The first-order valence-corrected chi connectivity index (χ1v) is 19.9. The van der Waals surface area contributed by atoms with Gasteiger partial charge in [-0.1, -0.05) is 39.0 Å². The summed E-state index contributed by atoms with van der Waals surface area (Å²) in [6, 6.07) is 5.56. The molecule has 1 heterocycles. The van der Waals surface area contributed by atoms with Crippen molar-refractivity contribution in [2.45, 2.75) is 148 Å². The van der Waals surface area contributed by atoms with Crippen molar-refractivity contribution >= 4 is 0 Å². The molecule has 1 atom stereocenters. The van der Waals surface area contributed by atoms with Gasteiger partial charge in [-0.2, -0.15) is 136 Å².